The van der Waals surface area contributed by atoms with E-state index in [4.69, 9.17) is 17.0 Å². The normalized spacial score (nSPS) is 13.8. The Balaban J connectivity index is 1.67. The molecule has 6 nitrogen and oxygen atoms in total. The number of unbranched alkanes of at least 4 members (excludes halogenated alkanes) is 1. The Hall–Kier alpha value is -2.93. The Kier molecular flexibility index (Phi) is 9.24. The number of ether oxygens (including phenoxy) is 1. The van der Waals surface area contributed by atoms with E-state index < -0.39 is 0 Å². The van der Waals surface area contributed by atoms with Crippen molar-refractivity contribution in [3.63, 3.8) is 0 Å². The molecule has 176 valence electrons. The number of amides is 2. The predicted molar refractivity (Wildman–Crippen MR) is 136 cm³/mol. The monoisotopic (exact) mass is 467 g/mol. The molecule has 0 unspecified atom stereocenters. The molecule has 1 saturated carbocycles. The van der Waals surface area contributed by atoms with Crippen LogP contribution in [0.1, 0.15) is 72.6 Å². The second-order valence-electron chi connectivity index (χ2n) is 8.36. The molecule has 0 radical (unpaired) electrons. The largest absolute Gasteiger partial charge is 0.493 e. The van der Waals surface area contributed by atoms with E-state index in [1.54, 1.807) is 30.3 Å². The number of nitrogens with zero attached hydrogens (tertiary/aromatic N) is 1. The van der Waals surface area contributed by atoms with Gasteiger partial charge < -0.3 is 15.0 Å². The maximum atomic E-state index is 13.2. The van der Waals surface area contributed by atoms with Gasteiger partial charge in [0.1, 0.15) is 5.75 Å². The Labute approximate surface area is 201 Å². The lowest BCUT2D eigenvalue weighted by molar-refractivity contribution is 0.0697. The van der Waals surface area contributed by atoms with Crippen LogP contribution in [0.5, 0.6) is 5.75 Å². The summed E-state index contributed by atoms with van der Waals surface area (Å²) in [6.07, 6.45) is 7.53. The minimum Gasteiger partial charge on any atom is -0.493 e. The fourth-order valence-corrected chi connectivity index (χ4v) is 4.24. The van der Waals surface area contributed by atoms with Crippen molar-refractivity contribution in [1.29, 1.82) is 0 Å². The van der Waals surface area contributed by atoms with E-state index in [0.717, 1.165) is 38.5 Å². The van der Waals surface area contributed by atoms with Crippen molar-refractivity contribution < 1.29 is 14.3 Å². The van der Waals surface area contributed by atoms with E-state index >= 15 is 0 Å². The molecule has 0 heterocycles. The molecule has 2 N–H and O–H groups in total. The lowest BCUT2D eigenvalue weighted by atomic mass is 9.94. The number of thiocarbonyl (C=S) groups is 1. The van der Waals surface area contributed by atoms with Crippen LogP contribution in [0, 0.1) is 0 Å². The maximum Gasteiger partial charge on any atom is 0.261 e. The molecule has 2 aromatic rings. The number of rotatable bonds is 8. The van der Waals surface area contributed by atoms with Gasteiger partial charge in [-0.3, -0.25) is 14.9 Å². The molecule has 33 heavy (non-hydrogen) atoms. The van der Waals surface area contributed by atoms with E-state index in [1.807, 2.05) is 30.1 Å². The summed E-state index contributed by atoms with van der Waals surface area (Å²) < 4.78 is 5.76. The molecule has 0 saturated heterocycles. The zero-order valence-electron chi connectivity index (χ0n) is 19.4. The van der Waals surface area contributed by atoms with Crippen molar-refractivity contribution in [3.8, 4) is 5.75 Å². The molecule has 2 aromatic carbocycles. The van der Waals surface area contributed by atoms with Crippen LogP contribution in [-0.4, -0.2) is 41.5 Å². The second-order valence-corrected chi connectivity index (χ2v) is 8.77. The van der Waals surface area contributed by atoms with Crippen molar-refractivity contribution >= 4 is 34.8 Å². The van der Waals surface area contributed by atoms with E-state index in [1.165, 1.54) is 6.42 Å². The third-order valence-electron chi connectivity index (χ3n) is 5.96. The lowest BCUT2D eigenvalue weighted by Crippen LogP contribution is -2.39. The third kappa shape index (κ3) is 6.78. The molecule has 0 spiro atoms. The molecule has 1 aliphatic rings. The first-order valence-corrected chi connectivity index (χ1v) is 12.1. The summed E-state index contributed by atoms with van der Waals surface area (Å²) in [6, 6.07) is 14.6. The van der Waals surface area contributed by atoms with Gasteiger partial charge in [0.05, 0.1) is 23.4 Å². The van der Waals surface area contributed by atoms with Crippen LogP contribution in [-0.2, 0) is 0 Å². The van der Waals surface area contributed by atoms with Gasteiger partial charge in [-0.25, -0.2) is 0 Å². The molecule has 3 rings (SSSR count). The average molecular weight is 468 g/mol. The van der Waals surface area contributed by atoms with Crippen molar-refractivity contribution in [2.45, 2.75) is 57.9 Å². The Morgan fingerprint density at radius 2 is 1.70 bits per heavy atom. The highest BCUT2D eigenvalue weighted by molar-refractivity contribution is 7.80. The lowest BCUT2D eigenvalue weighted by Gasteiger charge is -2.31. The summed E-state index contributed by atoms with van der Waals surface area (Å²) in [5.74, 6) is 0.118. The molecular formula is C26H33N3O3S. The van der Waals surface area contributed by atoms with E-state index in [2.05, 4.69) is 17.6 Å². The smallest absolute Gasteiger partial charge is 0.261 e. The average Bonchev–Trinajstić information content (AvgIpc) is 2.84. The Morgan fingerprint density at radius 1 is 1.03 bits per heavy atom. The van der Waals surface area contributed by atoms with Crippen molar-refractivity contribution in [1.82, 2.24) is 10.2 Å². The Morgan fingerprint density at radius 3 is 2.42 bits per heavy atom. The van der Waals surface area contributed by atoms with Crippen LogP contribution in [0.25, 0.3) is 0 Å². The van der Waals surface area contributed by atoms with Crippen molar-refractivity contribution in [2.75, 3.05) is 19.0 Å². The first-order valence-electron chi connectivity index (χ1n) is 11.7. The fourth-order valence-electron chi connectivity index (χ4n) is 4.03. The minimum atomic E-state index is -0.359. The first-order chi connectivity index (χ1) is 16.0. The summed E-state index contributed by atoms with van der Waals surface area (Å²) >= 11 is 5.39. The van der Waals surface area contributed by atoms with Crippen LogP contribution in [0.15, 0.2) is 48.5 Å². The molecule has 0 aliphatic heterocycles. The molecule has 1 fully saturated rings. The molecule has 1 aliphatic carbocycles. The van der Waals surface area contributed by atoms with Crippen LogP contribution >= 0.6 is 12.2 Å². The predicted octanol–water partition coefficient (Wildman–Crippen LogP) is 5.40. The van der Waals surface area contributed by atoms with Crippen molar-refractivity contribution in [2.24, 2.45) is 0 Å². The van der Waals surface area contributed by atoms with Crippen LogP contribution in [0.3, 0.4) is 0 Å². The summed E-state index contributed by atoms with van der Waals surface area (Å²) in [5.41, 5.74) is 1.52. The Bertz CT molecular complexity index is 973. The fraction of sp³-hybridized carbons (Fsp3) is 0.423. The second kappa shape index (κ2) is 12.3. The van der Waals surface area contributed by atoms with Crippen LogP contribution < -0.4 is 15.4 Å². The molecule has 7 heteroatoms. The van der Waals surface area contributed by atoms with Gasteiger partial charge >= 0.3 is 0 Å². The zero-order chi connectivity index (χ0) is 23.6. The number of anilines is 1. The van der Waals surface area contributed by atoms with Gasteiger partial charge in [0.15, 0.2) is 5.11 Å². The highest BCUT2D eigenvalue weighted by atomic mass is 32.1. The summed E-state index contributed by atoms with van der Waals surface area (Å²) in [5, 5.41) is 5.87. The van der Waals surface area contributed by atoms with Crippen LogP contribution in [0.2, 0.25) is 0 Å². The zero-order valence-corrected chi connectivity index (χ0v) is 20.2. The quantitative estimate of drug-likeness (QED) is 0.402. The number of nitrogens with one attached hydrogen (secondary N) is 2. The molecule has 0 atom stereocenters. The number of carbonyl (C=O) groups excluding carboxylic acids is 2. The van der Waals surface area contributed by atoms with Gasteiger partial charge in [0.25, 0.3) is 11.8 Å². The van der Waals surface area contributed by atoms with Gasteiger partial charge in [0, 0.05) is 13.1 Å². The summed E-state index contributed by atoms with van der Waals surface area (Å²) in [7, 11) is 1.87. The van der Waals surface area contributed by atoms with E-state index in [-0.39, 0.29) is 23.0 Å². The maximum absolute atomic E-state index is 13.2. The number of para-hydroxylation sites is 2. The first kappa shape index (κ1) is 24.7. The third-order valence-corrected chi connectivity index (χ3v) is 6.17. The number of benzene rings is 2. The highest BCUT2D eigenvalue weighted by Crippen LogP contribution is 2.25. The molecular weight excluding hydrogens is 434 g/mol. The standard InChI is InChI=1S/C26H33N3O3S/c1-3-4-18-32-23-17-11-9-15-21(23)24(30)28-26(33)27-22-16-10-8-14-20(22)25(31)29(2)19-12-6-5-7-13-19/h8-11,14-17,19H,3-7,12-13,18H2,1-2H3,(H2,27,28,30,33). The SMILES string of the molecule is CCCCOc1ccccc1C(=O)NC(=S)Nc1ccccc1C(=O)N(C)C1CCCCC1. The number of hydrogen-bond donors (Lipinski definition) is 2. The number of carbonyl (C=O) groups is 2. The molecule has 0 bridgehead atoms. The van der Waals surface area contributed by atoms with Gasteiger partial charge in [-0.05, 0) is 55.7 Å². The van der Waals surface area contributed by atoms with Gasteiger partial charge in [-0.2, -0.15) is 0 Å². The minimum absolute atomic E-state index is 0.0474. The highest BCUT2D eigenvalue weighted by Gasteiger charge is 2.25. The molecule has 0 aromatic heterocycles. The number of hydrogen-bond acceptors (Lipinski definition) is 4. The van der Waals surface area contributed by atoms with E-state index in [9.17, 15) is 9.59 Å². The summed E-state index contributed by atoms with van der Waals surface area (Å²) in [6.45, 7) is 2.63. The van der Waals surface area contributed by atoms with E-state index in [0.29, 0.717) is 29.2 Å². The summed E-state index contributed by atoms with van der Waals surface area (Å²) in [4.78, 5) is 27.9. The van der Waals surface area contributed by atoms with Gasteiger partial charge in [-0.1, -0.05) is 56.9 Å². The topological polar surface area (TPSA) is 70.7 Å². The van der Waals surface area contributed by atoms with Gasteiger partial charge in [0.2, 0.25) is 0 Å². The van der Waals surface area contributed by atoms with Crippen LogP contribution in [0.4, 0.5) is 5.69 Å². The molecule has 2 amide bonds. The van der Waals surface area contributed by atoms with Gasteiger partial charge in [-0.15, -0.1) is 0 Å². The van der Waals surface area contributed by atoms with Crippen molar-refractivity contribution in [3.05, 3.63) is 59.7 Å².